The van der Waals surface area contributed by atoms with Gasteiger partial charge < -0.3 is 10.6 Å². The minimum absolute atomic E-state index is 0.142. The van der Waals surface area contributed by atoms with Crippen molar-refractivity contribution in [2.24, 2.45) is 0 Å². The monoisotopic (exact) mass is 242 g/mol. The zero-order chi connectivity index (χ0) is 12.0. The second-order valence-corrected chi connectivity index (χ2v) is 3.87. The topological polar surface area (TPSA) is 66.9 Å². The van der Waals surface area contributed by atoms with Crippen molar-refractivity contribution >= 4 is 23.3 Å². The lowest BCUT2D eigenvalue weighted by Gasteiger charge is -2.10. The van der Waals surface area contributed by atoms with Crippen molar-refractivity contribution in [3.05, 3.63) is 17.3 Å². The van der Waals surface area contributed by atoms with Gasteiger partial charge in [-0.05, 0) is 25.5 Å². The van der Waals surface area contributed by atoms with E-state index in [4.69, 9.17) is 11.6 Å². The lowest BCUT2D eigenvalue weighted by molar-refractivity contribution is -0.115. The smallest absolute Gasteiger partial charge is 0.239 e. The Morgan fingerprint density at radius 2 is 2.25 bits per heavy atom. The van der Waals surface area contributed by atoms with Crippen molar-refractivity contribution in [2.75, 3.05) is 11.9 Å². The lowest BCUT2D eigenvalue weighted by Crippen LogP contribution is -2.34. The maximum atomic E-state index is 11.4. The summed E-state index contributed by atoms with van der Waals surface area (Å²) in [6.07, 6.45) is 0.980. The number of amides is 1. The summed E-state index contributed by atoms with van der Waals surface area (Å²) >= 11 is 5.57. The number of hydrogen-bond acceptors (Lipinski definition) is 4. The van der Waals surface area contributed by atoms with Crippen LogP contribution in [-0.2, 0) is 4.79 Å². The Bertz CT molecular complexity index is 341. The Morgan fingerprint density at radius 3 is 2.81 bits per heavy atom. The lowest BCUT2D eigenvalue weighted by atomic mass is 10.2. The molecule has 0 radical (unpaired) electrons. The molecule has 1 aromatic heterocycles. The highest BCUT2D eigenvalue weighted by atomic mass is 35.5. The molecule has 2 N–H and O–H groups in total. The molecule has 0 saturated carbocycles. The highest BCUT2D eigenvalue weighted by molar-refractivity contribution is 6.29. The van der Waals surface area contributed by atoms with Crippen molar-refractivity contribution in [3.8, 4) is 0 Å². The molecule has 1 amide bonds. The van der Waals surface area contributed by atoms with Gasteiger partial charge in [0.05, 0.1) is 6.54 Å². The maximum Gasteiger partial charge on any atom is 0.239 e. The molecule has 0 aromatic carbocycles. The molecule has 1 heterocycles. The quantitative estimate of drug-likeness (QED) is 0.820. The molecule has 0 aliphatic carbocycles. The van der Waals surface area contributed by atoms with Gasteiger partial charge in [-0.3, -0.25) is 4.79 Å². The summed E-state index contributed by atoms with van der Waals surface area (Å²) in [5.74, 6) is 0.261. The van der Waals surface area contributed by atoms with Gasteiger partial charge in [-0.15, -0.1) is 10.2 Å². The Labute approximate surface area is 99.6 Å². The molecular formula is C10H15ClN4O. The standard InChI is InChI=1S/C10H15ClN4O/c1-3-7(2)12-6-10(16)13-9-5-4-8(11)14-15-9/h4-5,7,12H,3,6H2,1-2H3,(H,13,15,16). The molecule has 5 nitrogen and oxygen atoms in total. The van der Waals surface area contributed by atoms with Crippen LogP contribution in [0.4, 0.5) is 5.82 Å². The van der Waals surface area contributed by atoms with E-state index in [-0.39, 0.29) is 12.5 Å². The summed E-state index contributed by atoms with van der Waals surface area (Å²) < 4.78 is 0. The van der Waals surface area contributed by atoms with Gasteiger partial charge in [0.2, 0.25) is 5.91 Å². The first kappa shape index (κ1) is 12.9. The van der Waals surface area contributed by atoms with Crippen molar-refractivity contribution < 1.29 is 4.79 Å². The minimum atomic E-state index is -0.142. The first-order chi connectivity index (χ1) is 7.61. The first-order valence-corrected chi connectivity index (χ1v) is 5.52. The molecule has 88 valence electrons. The Hall–Kier alpha value is -1.20. The number of aromatic nitrogens is 2. The van der Waals surface area contributed by atoms with Crippen LogP contribution in [-0.4, -0.2) is 28.7 Å². The third-order valence-electron chi connectivity index (χ3n) is 2.12. The van der Waals surface area contributed by atoms with Crippen LogP contribution < -0.4 is 10.6 Å². The molecule has 0 saturated heterocycles. The first-order valence-electron chi connectivity index (χ1n) is 5.14. The molecule has 1 unspecified atom stereocenters. The van der Waals surface area contributed by atoms with Crippen LogP contribution in [0.25, 0.3) is 0 Å². The molecule has 1 rings (SSSR count). The number of carbonyl (C=O) groups is 1. The normalized spacial score (nSPS) is 12.2. The van der Waals surface area contributed by atoms with Gasteiger partial charge in [-0.1, -0.05) is 18.5 Å². The molecule has 0 fully saturated rings. The van der Waals surface area contributed by atoms with E-state index in [9.17, 15) is 4.79 Å². The number of nitrogens with zero attached hydrogens (tertiary/aromatic N) is 2. The molecular weight excluding hydrogens is 228 g/mol. The van der Waals surface area contributed by atoms with Crippen LogP contribution in [0.15, 0.2) is 12.1 Å². The molecule has 6 heteroatoms. The molecule has 0 aliphatic rings. The Balaban J connectivity index is 2.37. The highest BCUT2D eigenvalue weighted by Gasteiger charge is 2.05. The average molecular weight is 243 g/mol. The van der Waals surface area contributed by atoms with Crippen molar-refractivity contribution in [2.45, 2.75) is 26.3 Å². The van der Waals surface area contributed by atoms with E-state index in [0.717, 1.165) is 6.42 Å². The molecule has 0 bridgehead atoms. The number of hydrogen-bond donors (Lipinski definition) is 2. The summed E-state index contributed by atoms with van der Waals surface area (Å²) in [5.41, 5.74) is 0. The van der Waals surface area contributed by atoms with Crippen LogP contribution in [0.5, 0.6) is 0 Å². The summed E-state index contributed by atoms with van der Waals surface area (Å²) in [6.45, 7) is 4.34. The van der Waals surface area contributed by atoms with E-state index in [1.165, 1.54) is 0 Å². The summed E-state index contributed by atoms with van der Waals surface area (Å²) in [6, 6.07) is 3.50. The fourth-order valence-electron chi connectivity index (χ4n) is 0.981. The van der Waals surface area contributed by atoms with Crippen LogP contribution in [0.3, 0.4) is 0 Å². The van der Waals surface area contributed by atoms with E-state index < -0.39 is 0 Å². The van der Waals surface area contributed by atoms with E-state index in [2.05, 4.69) is 27.8 Å². The van der Waals surface area contributed by atoms with Crippen LogP contribution in [0, 0.1) is 0 Å². The average Bonchev–Trinajstić information content (AvgIpc) is 2.29. The molecule has 16 heavy (non-hydrogen) atoms. The summed E-state index contributed by atoms with van der Waals surface area (Å²) in [4.78, 5) is 11.4. The van der Waals surface area contributed by atoms with Crippen molar-refractivity contribution in [1.29, 1.82) is 0 Å². The van der Waals surface area contributed by atoms with Gasteiger partial charge in [0.25, 0.3) is 0 Å². The third kappa shape index (κ3) is 4.55. The third-order valence-corrected chi connectivity index (χ3v) is 2.32. The van der Waals surface area contributed by atoms with E-state index in [0.29, 0.717) is 17.0 Å². The number of carbonyl (C=O) groups excluding carboxylic acids is 1. The van der Waals surface area contributed by atoms with Gasteiger partial charge in [0, 0.05) is 6.04 Å². The summed E-state index contributed by atoms with van der Waals surface area (Å²) in [5, 5.41) is 13.3. The number of nitrogens with one attached hydrogen (secondary N) is 2. The predicted octanol–water partition coefficient (Wildman–Crippen LogP) is 1.46. The Kier molecular flexibility index (Phi) is 5.14. The molecule has 1 aromatic rings. The van der Waals surface area contributed by atoms with Gasteiger partial charge in [-0.2, -0.15) is 0 Å². The zero-order valence-electron chi connectivity index (χ0n) is 9.33. The zero-order valence-corrected chi connectivity index (χ0v) is 10.1. The minimum Gasteiger partial charge on any atom is -0.308 e. The fourth-order valence-corrected chi connectivity index (χ4v) is 1.08. The van der Waals surface area contributed by atoms with E-state index in [1.807, 2.05) is 6.92 Å². The summed E-state index contributed by atoms with van der Waals surface area (Å²) in [7, 11) is 0. The van der Waals surface area contributed by atoms with Crippen molar-refractivity contribution in [3.63, 3.8) is 0 Å². The second kappa shape index (κ2) is 6.40. The highest BCUT2D eigenvalue weighted by Crippen LogP contribution is 2.05. The molecule has 0 spiro atoms. The van der Waals surface area contributed by atoms with E-state index >= 15 is 0 Å². The second-order valence-electron chi connectivity index (χ2n) is 3.48. The molecule has 0 aliphatic heterocycles. The van der Waals surface area contributed by atoms with Crippen LogP contribution in [0.2, 0.25) is 5.15 Å². The van der Waals surface area contributed by atoms with Gasteiger partial charge >= 0.3 is 0 Å². The SMILES string of the molecule is CCC(C)NCC(=O)Nc1ccc(Cl)nn1. The van der Waals surface area contributed by atoms with E-state index in [1.54, 1.807) is 12.1 Å². The molecule has 1 atom stereocenters. The van der Waals surface area contributed by atoms with Crippen LogP contribution in [0.1, 0.15) is 20.3 Å². The van der Waals surface area contributed by atoms with Gasteiger partial charge in [0.15, 0.2) is 11.0 Å². The van der Waals surface area contributed by atoms with Gasteiger partial charge in [0.1, 0.15) is 0 Å². The number of anilines is 1. The predicted molar refractivity (Wildman–Crippen MR) is 63.4 cm³/mol. The van der Waals surface area contributed by atoms with Crippen molar-refractivity contribution in [1.82, 2.24) is 15.5 Å². The Morgan fingerprint density at radius 1 is 1.50 bits per heavy atom. The fraction of sp³-hybridized carbons (Fsp3) is 0.500. The largest absolute Gasteiger partial charge is 0.308 e. The number of halogens is 1. The van der Waals surface area contributed by atoms with Crippen LogP contribution >= 0.6 is 11.6 Å². The maximum absolute atomic E-state index is 11.4. The van der Waals surface area contributed by atoms with Gasteiger partial charge in [-0.25, -0.2) is 0 Å². The number of rotatable bonds is 5.